The molecular weight excluding hydrogens is 156 g/mol. The minimum absolute atomic E-state index is 0.391. The average molecular weight is 165 g/mol. The number of halogens is 1. The van der Waals surface area contributed by atoms with Gasteiger partial charge < -0.3 is 4.74 Å². The van der Waals surface area contributed by atoms with E-state index in [-0.39, 0.29) is 0 Å². The van der Waals surface area contributed by atoms with Crippen LogP contribution in [0.5, 0.6) is 0 Å². The smallest absolute Gasteiger partial charge is 0.0615 e. The van der Waals surface area contributed by atoms with Crippen molar-refractivity contribution in [2.45, 2.75) is 17.2 Å². The molecule has 2 heteroatoms. The minimum atomic E-state index is 0.391. The van der Waals surface area contributed by atoms with Crippen LogP contribution in [0.15, 0.2) is 0 Å². The molecule has 42 valence electrons. The van der Waals surface area contributed by atoms with Crippen LogP contribution in [0, 0.1) is 0 Å². The lowest BCUT2D eigenvalue weighted by molar-refractivity contribution is 0.196. The van der Waals surface area contributed by atoms with E-state index in [1.165, 1.54) is 12.8 Å². The molecule has 0 spiro atoms. The molecule has 7 heavy (non-hydrogen) atoms. The zero-order chi connectivity index (χ0) is 5.33. The third kappa shape index (κ3) is 1.42. The van der Waals surface area contributed by atoms with Crippen LogP contribution < -0.4 is 0 Å². The Morgan fingerprint density at radius 3 is 2.43 bits per heavy atom. The monoisotopic (exact) mass is 164 g/mol. The van der Waals surface area contributed by atoms with Crippen LogP contribution in [0.3, 0.4) is 0 Å². The van der Waals surface area contributed by atoms with E-state index in [0.29, 0.717) is 4.32 Å². The highest BCUT2D eigenvalue weighted by Gasteiger charge is 2.39. The quantitative estimate of drug-likeness (QED) is 0.564. The highest BCUT2D eigenvalue weighted by Crippen LogP contribution is 2.44. The Labute approximate surface area is 52.2 Å². The van der Waals surface area contributed by atoms with Gasteiger partial charge in [0.2, 0.25) is 0 Å². The number of ether oxygens (including phenoxy) is 1. The van der Waals surface area contributed by atoms with Crippen LogP contribution in [-0.2, 0) is 4.74 Å². The van der Waals surface area contributed by atoms with Crippen molar-refractivity contribution in [1.29, 1.82) is 0 Å². The SMILES string of the molecule is COCC1(Br)CC1. The molecule has 0 radical (unpaired) electrons. The molecule has 0 N–H and O–H groups in total. The van der Waals surface area contributed by atoms with E-state index in [1.54, 1.807) is 7.11 Å². The van der Waals surface area contributed by atoms with E-state index in [4.69, 9.17) is 4.74 Å². The molecule has 1 rings (SSSR count). The van der Waals surface area contributed by atoms with Crippen molar-refractivity contribution in [1.82, 2.24) is 0 Å². The normalized spacial score (nSPS) is 24.9. The second kappa shape index (κ2) is 1.75. The largest absolute Gasteiger partial charge is 0.383 e. The molecule has 1 fully saturated rings. The van der Waals surface area contributed by atoms with Gasteiger partial charge in [0.15, 0.2) is 0 Å². The molecule has 0 bridgehead atoms. The Morgan fingerprint density at radius 1 is 1.71 bits per heavy atom. The molecule has 0 amide bonds. The number of hydrogen-bond donors (Lipinski definition) is 0. The van der Waals surface area contributed by atoms with Crippen molar-refractivity contribution in [3.05, 3.63) is 0 Å². The van der Waals surface area contributed by atoms with Gasteiger partial charge in [-0.3, -0.25) is 0 Å². The standard InChI is InChI=1S/C5H9BrO/c1-7-4-5(6)2-3-5/h2-4H2,1H3. The Kier molecular flexibility index (Phi) is 1.39. The first-order chi connectivity index (χ1) is 3.27. The summed E-state index contributed by atoms with van der Waals surface area (Å²) in [5.41, 5.74) is 0. The first-order valence-electron chi connectivity index (χ1n) is 2.45. The fraction of sp³-hybridized carbons (Fsp3) is 1.00. The van der Waals surface area contributed by atoms with E-state index in [2.05, 4.69) is 15.9 Å². The van der Waals surface area contributed by atoms with Gasteiger partial charge in [0.05, 0.1) is 6.61 Å². The first kappa shape index (κ1) is 5.57. The Balaban J connectivity index is 2.13. The third-order valence-electron chi connectivity index (χ3n) is 1.20. The zero-order valence-electron chi connectivity index (χ0n) is 4.41. The molecule has 1 saturated carbocycles. The van der Waals surface area contributed by atoms with E-state index >= 15 is 0 Å². The van der Waals surface area contributed by atoms with Crippen molar-refractivity contribution >= 4 is 15.9 Å². The van der Waals surface area contributed by atoms with Crippen LogP contribution in [-0.4, -0.2) is 18.0 Å². The second-order valence-corrected chi connectivity index (χ2v) is 3.77. The maximum absolute atomic E-state index is 4.92. The number of alkyl halides is 1. The van der Waals surface area contributed by atoms with Crippen molar-refractivity contribution in [2.75, 3.05) is 13.7 Å². The lowest BCUT2D eigenvalue weighted by atomic mass is 10.5. The van der Waals surface area contributed by atoms with E-state index in [9.17, 15) is 0 Å². The van der Waals surface area contributed by atoms with Crippen molar-refractivity contribution in [3.63, 3.8) is 0 Å². The summed E-state index contributed by atoms with van der Waals surface area (Å²) in [6, 6.07) is 0. The van der Waals surface area contributed by atoms with Crippen molar-refractivity contribution in [2.24, 2.45) is 0 Å². The molecule has 1 aliphatic carbocycles. The van der Waals surface area contributed by atoms with Crippen LogP contribution in [0.25, 0.3) is 0 Å². The van der Waals surface area contributed by atoms with E-state index < -0.39 is 0 Å². The molecule has 0 heterocycles. The predicted molar refractivity (Wildman–Crippen MR) is 32.8 cm³/mol. The molecule has 0 saturated heterocycles. The maximum atomic E-state index is 4.92. The molecule has 1 nitrogen and oxygen atoms in total. The topological polar surface area (TPSA) is 9.23 Å². The average Bonchev–Trinajstić information content (AvgIpc) is 2.22. The van der Waals surface area contributed by atoms with Gasteiger partial charge in [-0.15, -0.1) is 0 Å². The Morgan fingerprint density at radius 2 is 2.29 bits per heavy atom. The Bertz CT molecular complexity index is 68.5. The summed E-state index contributed by atoms with van der Waals surface area (Å²) < 4.78 is 5.31. The summed E-state index contributed by atoms with van der Waals surface area (Å²) in [5.74, 6) is 0. The van der Waals surface area contributed by atoms with Gasteiger partial charge >= 0.3 is 0 Å². The highest BCUT2D eigenvalue weighted by atomic mass is 79.9. The fourth-order valence-electron chi connectivity index (χ4n) is 0.539. The van der Waals surface area contributed by atoms with Crippen molar-refractivity contribution < 1.29 is 4.74 Å². The molecule has 1 aliphatic rings. The summed E-state index contributed by atoms with van der Waals surface area (Å²) in [6.45, 7) is 0.868. The minimum Gasteiger partial charge on any atom is -0.383 e. The lowest BCUT2D eigenvalue weighted by Gasteiger charge is -2.00. The molecule has 0 unspecified atom stereocenters. The third-order valence-corrected chi connectivity index (χ3v) is 2.22. The molecular formula is C5H9BrO. The molecule has 0 aromatic carbocycles. The zero-order valence-corrected chi connectivity index (χ0v) is 5.99. The summed E-state index contributed by atoms with van der Waals surface area (Å²) in [4.78, 5) is 0. The summed E-state index contributed by atoms with van der Waals surface area (Å²) in [7, 11) is 1.74. The first-order valence-corrected chi connectivity index (χ1v) is 3.24. The molecule has 0 aliphatic heterocycles. The van der Waals surface area contributed by atoms with Gasteiger partial charge in [-0.2, -0.15) is 0 Å². The maximum Gasteiger partial charge on any atom is 0.0615 e. The fourth-order valence-corrected chi connectivity index (χ4v) is 0.966. The Hall–Kier alpha value is 0.440. The van der Waals surface area contributed by atoms with E-state index in [0.717, 1.165) is 6.61 Å². The number of rotatable bonds is 2. The highest BCUT2D eigenvalue weighted by molar-refractivity contribution is 9.10. The van der Waals surface area contributed by atoms with Crippen LogP contribution >= 0.6 is 15.9 Å². The van der Waals surface area contributed by atoms with Gasteiger partial charge in [-0.1, -0.05) is 15.9 Å². The number of methoxy groups -OCH3 is 1. The lowest BCUT2D eigenvalue weighted by Crippen LogP contribution is -2.05. The van der Waals surface area contributed by atoms with Gasteiger partial charge in [0.25, 0.3) is 0 Å². The van der Waals surface area contributed by atoms with Crippen LogP contribution in [0.1, 0.15) is 12.8 Å². The van der Waals surface area contributed by atoms with Crippen LogP contribution in [0.4, 0.5) is 0 Å². The molecule has 0 atom stereocenters. The van der Waals surface area contributed by atoms with Gasteiger partial charge in [-0.05, 0) is 12.8 Å². The molecule has 0 aromatic rings. The summed E-state index contributed by atoms with van der Waals surface area (Å²) in [6.07, 6.45) is 2.56. The van der Waals surface area contributed by atoms with Gasteiger partial charge in [0, 0.05) is 11.4 Å². The summed E-state index contributed by atoms with van der Waals surface area (Å²) in [5, 5.41) is 0. The predicted octanol–water partition coefficient (Wildman–Crippen LogP) is 1.56. The van der Waals surface area contributed by atoms with Crippen molar-refractivity contribution in [3.8, 4) is 0 Å². The number of hydrogen-bond acceptors (Lipinski definition) is 1. The van der Waals surface area contributed by atoms with Crippen LogP contribution in [0.2, 0.25) is 0 Å². The molecule has 0 aromatic heterocycles. The summed E-state index contributed by atoms with van der Waals surface area (Å²) >= 11 is 3.52. The van der Waals surface area contributed by atoms with E-state index in [1.807, 2.05) is 0 Å². The second-order valence-electron chi connectivity index (χ2n) is 2.08. The van der Waals surface area contributed by atoms with Gasteiger partial charge in [0.1, 0.15) is 0 Å². The van der Waals surface area contributed by atoms with Gasteiger partial charge in [-0.25, -0.2) is 0 Å².